The van der Waals surface area contributed by atoms with Crippen LogP contribution >= 0.6 is 19.3 Å². The number of nitrogens with zero attached hydrogens (tertiary/aromatic N) is 2. The van der Waals surface area contributed by atoms with E-state index in [4.69, 9.17) is 35.9 Å². The van der Waals surface area contributed by atoms with Crippen molar-refractivity contribution in [2.24, 2.45) is 0 Å². The summed E-state index contributed by atoms with van der Waals surface area (Å²) in [6.07, 6.45) is -1.47. The van der Waals surface area contributed by atoms with E-state index in [9.17, 15) is 24.4 Å². The number of aromatic nitrogens is 2. The first-order chi connectivity index (χ1) is 17.9. The maximum absolute atomic E-state index is 13.7. The third kappa shape index (κ3) is 7.11. The van der Waals surface area contributed by atoms with E-state index in [-0.39, 0.29) is 23.2 Å². The standard InChI is InChI=1S/C23H32ClN4O9P/c1-4-5-12-34-20(30)14(2)27-38(33,37-16-9-7-6-8-15(16)24)35-13-17-19(29)23(3,32)21(36-17)28-11-10-18(25)26-22(28)31/h6-11,14,17,19,21,29,32H,4-5,12-13H2,1-3H3,(H,27,33)(H2,25,26,31)/t14-,17+,19+,21+,23+,38?/m0/s1. The third-order valence-corrected chi connectivity index (χ3v) is 7.71. The summed E-state index contributed by atoms with van der Waals surface area (Å²) in [5.41, 5.74) is 2.74. The number of aliphatic hydroxyl groups is 2. The van der Waals surface area contributed by atoms with Gasteiger partial charge in [0.15, 0.2) is 6.23 Å². The fourth-order valence-corrected chi connectivity index (χ4v) is 5.37. The minimum atomic E-state index is -4.35. The monoisotopic (exact) mass is 574 g/mol. The van der Waals surface area contributed by atoms with Gasteiger partial charge in [-0.3, -0.25) is 13.9 Å². The lowest BCUT2D eigenvalue weighted by Gasteiger charge is -2.27. The van der Waals surface area contributed by atoms with Crippen molar-refractivity contribution in [1.82, 2.24) is 14.6 Å². The highest BCUT2D eigenvalue weighted by Crippen LogP contribution is 2.48. The van der Waals surface area contributed by atoms with Crippen LogP contribution < -0.4 is 21.0 Å². The first-order valence-electron chi connectivity index (χ1n) is 11.9. The first-order valence-corrected chi connectivity index (χ1v) is 13.8. The Morgan fingerprint density at radius 2 is 2.11 bits per heavy atom. The van der Waals surface area contributed by atoms with Crippen molar-refractivity contribution in [3.63, 3.8) is 0 Å². The molecule has 0 radical (unpaired) electrons. The molecule has 38 heavy (non-hydrogen) atoms. The Hall–Kier alpha value is -2.51. The molecule has 2 heterocycles. The van der Waals surface area contributed by atoms with E-state index < -0.39 is 56.1 Å². The Bertz CT molecular complexity index is 1230. The van der Waals surface area contributed by atoms with Crippen LogP contribution in [-0.4, -0.2) is 62.8 Å². The van der Waals surface area contributed by atoms with Crippen LogP contribution in [-0.2, 0) is 23.4 Å². The van der Waals surface area contributed by atoms with Crippen molar-refractivity contribution < 1.29 is 38.1 Å². The zero-order valence-corrected chi connectivity index (χ0v) is 22.8. The minimum Gasteiger partial charge on any atom is -0.465 e. The van der Waals surface area contributed by atoms with Gasteiger partial charge < -0.3 is 29.9 Å². The second-order valence-corrected chi connectivity index (χ2v) is 11.0. The molecular weight excluding hydrogens is 543 g/mol. The second kappa shape index (κ2) is 12.6. The Morgan fingerprint density at radius 3 is 2.76 bits per heavy atom. The van der Waals surface area contributed by atoms with Crippen molar-refractivity contribution >= 4 is 31.1 Å². The topological polar surface area (TPSA) is 184 Å². The highest BCUT2D eigenvalue weighted by atomic mass is 35.5. The molecule has 0 bridgehead atoms. The van der Waals surface area contributed by atoms with Gasteiger partial charge >= 0.3 is 19.4 Å². The molecule has 0 saturated carbocycles. The van der Waals surface area contributed by atoms with Crippen LogP contribution in [0, 0.1) is 0 Å². The van der Waals surface area contributed by atoms with E-state index in [0.29, 0.717) is 6.42 Å². The van der Waals surface area contributed by atoms with E-state index in [1.165, 1.54) is 38.2 Å². The van der Waals surface area contributed by atoms with Crippen LogP contribution in [0.4, 0.5) is 5.82 Å². The number of carbonyl (C=O) groups excluding carboxylic acids is 1. The van der Waals surface area contributed by atoms with E-state index in [2.05, 4.69) is 10.1 Å². The number of rotatable bonds is 12. The average molecular weight is 575 g/mol. The molecule has 6 atom stereocenters. The van der Waals surface area contributed by atoms with Gasteiger partial charge in [0, 0.05) is 6.20 Å². The van der Waals surface area contributed by atoms with Crippen molar-refractivity contribution in [1.29, 1.82) is 0 Å². The Morgan fingerprint density at radius 1 is 1.39 bits per heavy atom. The zero-order chi connectivity index (χ0) is 28.1. The van der Waals surface area contributed by atoms with E-state index in [1.807, 2.05) is 6.92 Å². The number of halogens is 1. The smallest absolute Gasteiger partial charge is 0.459 e. The summed E-state index contributed by atoms with van der Waals surface area (Å²) in [5.74, 6) is -0.704. The van der Waals surface area contributed by atoms with Crippen LogP contribution in [0.2, 0.25) is 5.02 Å². The van der Waals surface area contributed by atoms with Crippen molar-refractivity contribution in [3.05, 3.63) is 52.0 Å². The highest BCUT2D eigenvalue weighted by Gasteiger charge is 2.54. The molecule has 1 fully saturated rings. The van der Waals surface area contributed by atoms with Gasteiger partial charge in [-0.25, -0.2) is 9.36 Å². The van der Waals surface area contributed by atoms with Crippen molar-refractivity contribution in [2.75, 3.05) is 18.9 Å². The maximum Gasteiger partial charge on any atom is 0.459 e. The number of carbonyl (C=O) groups is 1. The molecule has 210 valence electrons. The molecule has 1 aromatic heterocycles. The number of ether oxygens (including phenoxy) is 2. The Kier molecular flexibility index (Phi) is 9.93. The molecule has 3 rings (SSSR count). The molecule has 1 unspecified atom stereocenters. The predicted octanol–water partition coefficient (Wildman–Crippen LogP) is 2.01. The van der Waals surface area contributed by atoms with E-state index in [1.54, 1.807) is 12.1 Å². The van der Waals surface area contributed by atoms with Crippen LogP contribution in [0.15, 0.2) is 41.3 Å². The molecule has 2 aromatic rings. The molecule has 13 nitrogen and oxygen atoms in total. The lowest BCUT2D eigenvalue weighted by molar-refractivity contribution is -0.145. The molecule has 5 N–H and O–H groups in total. The average Bonchev–Trinajstić information content (AvgIpc) is 3.08. The number of hydrogen-bond acceptors (Lipinski definition) is 11. The van der Waals surface area contributed by atoms with Gasteiger partial charge in [0.25, 0.3) is 0 Å². The van der Waals surface area contributed by atoms with Crippen LogP contribution in [0.5, 0.6) is 5.75 Å². The Balaban J connectivity index is 1.79. The van der Waals surface area contributed by atoms with E-state index in [0.717, 1.165) is 11.0 Å². The van der Waals surface area contributed by atoms with Crippen LogP contribution in [0.3, 0.4) is 0 Å². The summed E-state index contributed by atoms with van der Waals surface area (Å²) in [6, 6.07) is 6.41. The van der Waals surface area contributed by atoms with Gasteiger partial charge in [-0.2, -0.15) is 10.1 Å². The van der Waals surface area contributed by atoms with E-state index >= 15 is 0 Å². The SMILES string of the molecule is CCCCOC(=O)[C@H](C)NP(=O)(OC[C@H]1O[C@@H](n2ccc(N)nc2=O)[C@](C)(O)[C@@H]1O)Oc1ccccc1Cl. The molecule has 1 aliphatic heterocycles. The zero-order valence-electron chi connectivity index (χ0n) is 21.2. The van der Waals surface area contributed by atoms with Gasteiger partial charge in [-0.1, -0.05) is 37.1 Å². The molecule has 0 amide bonds. The van der Waals surface area contributed by atoms with Crippen molar-refractivity contribution in [3.8, 4) is 5.75 Å². The number of nitrogen functional groups attached to an aromatic ring is 1. The van der Waals surface area contributed by atoms with Gasteiger partial charge in [0.1, 0.15) is 35.4 Å². The Labute approximate surface area is 224 Å². The number of unbranched alkanes of at least 4 members (excludes halogenated alkanes) is 1. The third-order valence-electron chi connectivity index (χ3n) is 5.77. The highest BCUT2D eigenvalue weighted by molar-refractivity contribution is 7.52. The van der Waals surface area contributed by atoms with Gasteiger partial charge in [-0.05, 0) is 38.5 Å². The van der Waals surface area contributed by atoms with Gasteiger partial charge in [0.2, 0.25) is 0 Å². The predicted molar refractivity (Wildman–Crippen MR) is 138 cm³/mol. The molecule has 1 saturated heterocycles. The molecule has 0 aliphatic carbocycles. The fraction of sp³-hybridized carbons (Fsp3) is 0.522. The van der Waals surface area contributed by atoms with Gasteiger partial charge in [-0.15, -0.1) is 0 Å². The lowest BCUT2D eigenvalue weighted by atomic mass is 9.96. The lowest BCUT2D eigenvalue weighted by Crippen LogP contribution is -2.46. The number of anilines is 1. The van der Waals surface area contributed by atoms with Crippen molar-refractivity contribution in [2.45, 2.75) is 63.7 Å². The fourth-order valence-electron chi connectivity index (χ4n) is 3.62. The number of benzene rings is 1. The minimum absolute atomic E-state index is 0.00816. The largest absolute Gasteiger partial charge is 0.465 e. The summed E-state index contributed by atoms with van der Waals surface area (Å²) in [4.78, 5) is 28.3. The molecule has 1 aromatic carbocycles. The number of nitrogens with two attached hydrogens (primary N) is 1. The summed E-state index contributed by atoms with van der Waals surface area (Å²) in [7, 11) is -4.35. The summed E-state index contributed by atoms with van der Waals surface area (Å²) in [6.45, 7) is 4.24. The summed E-state index contributed by atoms with van der Waals surface area (Å²) < 4.78 is 36.7. The number of hydrogen-bond donors (Lipinski definition) is 4. The first kappa shape index (κ1) is 30.0. The van der Waals surface area contributed by atoms with Crippen LogP contribution in [0.1, 0.15) is 39.8 Å². The number of nitrogens with one attached hydrogen (secondary N) is 1. The quantitative estimate of drug-likeness (QED) is 0.164. The molecule has 1 aliphatic rings. The number of aliphatic hydroxyl groups excluding tert-OH is 1. The number of para-hydroxylation sites is 1. The van der Waals surface area contributed by atoms with Gasteiger partial charge in [0.05, 0.1) is 18.2 Å². The maximum atomic E-state index is 13.7. The summed E-state index contributed by atoms with van der Waals surface area (Å²) >= 11 is 6.15. The normalized spacial score (nSPS) is 25.5. The summed E-state index contributed by atoms with van der Waals surface area (Å²) in [5, 5.41) is 24.3. The molecule has 0 spiro atoms. The number of esters is 1. The molecular formula is C23H32ClN4O9P. The van der Waals surface area contributed by atoms with Crippen LogP contribution in [0.25, 0.3) is 0 Å². The second-order valence-electron chi connectivity index (χ2n) is 8.93. The molecule has 15 heteroatoms.